The summed E-state index contributed by atoms with van der Waals surface area (Å²) in [6, 6.07) is 3.57. The van der Waals surface area contributed by atoms with Gasteiger partial charge in [-0.3, -0.25) is 10.1 Å². The zero-order valence-corrected chi connectivity index (χ0v) is 9.87. The van der Waals surface area contributed by atoms with Gasteiger partial charge in [-0.05, 0) is 18.4 Å². The first kappa shape index (κ1) is 11.2. The number of rotatable bonds is 2. The highest BCUT2D eigenvalue weighted by Crippen LogP contribution is 2.32. The van der Waals surface area contributed by atoms with Crippen molar-refractivity contribution in [2.75, 3.05) is 30.3 Å². The molecule has 2 fully saturated rings. The molecule has 0 saturated carbocycles. The highest BCUT2D eigenvalue weighted by atomic mass is 16.6. The maximum absolute atomic E-state index is 10.7. The summed E-state index contributed by atoms with van der Waals surface area (Å²) in [7, 11) is 0. The monoisotopic (exact) mass is 249 g/mol. The van der Waals surface area contributed by atoms with Gasteiger partial charge in [0, 0.05) is 31.7 Å². The second-order valence-corrected chi connectivity index (χ2v) is 4.80. The summed E-state index contributed by atoms with van der Waals surface area (Å²) >= 11 is 0. The maximum Gasteiger partial charge on any atom is 0.311 e. The largest absolute Gasteiger partial charge is 0.378 e. The van der Waals surface area contributed by atoms with E-state index in [1.165, 1.54) is 6.07 Å². The van der Waals surface area contributed by atoms with Crippen LogP contribution in [0.4, 0.5) is 17.3 Å². The van der Waals surface area contributed by atoms with Crippen LogP contribution in [-0.4, -0.2) is 35.6 Å². The first-order valence-electron chi connectivity index (χ1n) is 6.05. The van der Waals surface area contributed by atoms with E-state index in [-0.39, 0.29) is 11.5 Å². The van der Waals surface area contributed by atoms with Crippen LogP contribution >= 0.6 is 0 Å². The molecule has 0 unspecified atom stereocenters. The Morgan fingerprint density at radius 3 is 3.06 bits per heavy atom. The van der Waals surface area contributed by atoms with E-state index < -0.39 is 4.92 Å². The van der Waals surface area contributed by atoms with Gasteiger partial charge in [-0.1, -0.05) is 0 Å². The molecule has 0 spiro atoms. The van der Waals surface area contributed by atoms with Crippen molar-refractivity contribution in [3.8, 4) is 0 Å². The molecular formula is C11H15N5O2. The van der Waals surface area contributed by atoms with Crippen LogP contribution in [0.1, 0.15) is 6.42 Å². The minimum atomic E-state index is -0.504. The average molecular weight is 249 g/mol. The minimum absolute atomic E-state index is 0.00749. The van der Waals surface area contributed by atoms with Crippen molar-refractivity contribution in [3.63, 3.8) is 0 Å². The third kappa shape index (κ3) is 1.67. The Morgan fingerprint density at radius 1 is 1.50 bits per heavy atom. The number of nitrogen functional groups attached to an aromatic ring is 1. The summed E-state index contributed by atoms with van der Waals surface area (Å²) in [6.45, 7) is 2.94. The number of fused-ring (bicyclic) bond motifs is 1. The van der Waals surface area contributed by atoms with Crippen LogP contribution in [0.5, 0.6) is 0 Å². The van der Waals surface area contributed by atoms with Crippen LogP contribution in [-0.2, 0) is 0 Å². The van der Waals surface area contributed by atoms with Crippen LogP contribution in [0.25, 0.3) is 0 Å². The lowest BCUT2D eigenvalue weighted by Gasteiger charge is -2.24. The van der Waals surface area contributed by atoms with Gasteiger partial charge in [-0.15, -0.1) is 0 Å². The fourth-order valence-corrected chi connectivity index (χ4v) is 2.90. The molecule has 2 atom stereocenters. The van der Waals surface area contributed by atoms with Gasteiger partial charge in [0.25, 0.3) is 0 Å². The first-order chi connectivity index (χ1) is 8.66. The summed E-state index contributed by atoms with van der Waals surface area (Å²) in [5.41, 5.74) is 5.51. The fourth-order valence-electron chi connectivity index (χ4n) is 2.90. The third-order valence-corrected chi connectivity index (χ3v) is 3.82. The molecule has 2 aliphatic heterocycles. The Balaban J connectivity index is 1.89. The van der Waals surface area contributed by atoms with Gasteiger partial charge in [0.2, 0.25) is 5.82 Å². The molecule has 2 aliphatic rings. The highest BCUT2D eigenvalue weighted by molar-refractivity contribution is 5.58. The van der Waals surface area contributed by atoms with E-state index >= 15 is 0 Å². The zero-order chi connectivity index (χ0) is 12.7. The Morgan fingerprint density at radius 2 is 2.33 bits per heavy atom. The van der Waals surface area contributed by atoms with Crippen molar-refractivity contribution in [2.45, 2.75) is 12.5 Å². The number of hydrogen-bond acceptors (Lipinski definition) is 6. The van der Waals surface area contributed by atoms with Gasteiger partial charge in [-0.25, -0.2) is 4.98 Å². The van der Waals surface area contributed by atoms with Crippen molar-refractivity contribution in [1.82, 2.24) is 10.3 Å². The van der Waals surface area contributed by atoms with E-state index in [4.69, 9.17) is 5.73 Å². The molecule has 18 heavy (non-hydrogen) atoms. The lowest BCUT2D eigenvalue weighted by atomic mass is 10.1. The standard InChI is InChI=1S/C11H15N5O2/c12-11-8(16(17)18)1-2-10(14-11)15-4-3-7-5-13-6-9(7)15/h1-2,7,9,13H,3-6H2,(H2,12,14)/t7-,9+/m0/s1. The van der Waals surface area contributed by atoms with Crippen LogP contribution in [0.15, 0.2) is 12.1 Å². The van der Waals surface area contributed by atoms with Gasteiger partial charge < -0.3 is 16.0 Å². The summed E-state index contributed by atoms with van der Waals surface area (Å²) in [5, 5.41) is 14.1. The smallest absolute Gasteiger partial charge is 0.311 e. The van der Waals surface area contributed by atoms with Crippen LogP contribution in [0, 0.1) is 16.0 Å². The molecule has 3 heterocycles. The van der Waals surface area contributed by atoms with Gasteiger partial charge >= 0.3 is 5.69 Å². The highest BCUT2D eigenvalue weighted by Gasteiger charge is 2.38. The van der Waals surface area contributed by atoms with E-state index in [0.29, 0.717) is 12.0 Å². The Hall–Kier alpha value is -1.89. The number of hydrogen-bond donors (Lipinski definition) is 2. The van der Waals surface area contributed by atoms with E-state index in [1.807, 2.05) is 0 Å². The van der Waals surface area contributed by atoms with Gasteiger partial charge in [0.05, 0.1) is 4.92 Å². The predicted octanol–water partition coefficient (Wildman–Crippen LogP) is 0.370. The lowest BCUT2D eigenvalue weighted by Crippen LogP contribution is -2.34. The molecule has 7 nitrogen and oxygen atoms in total. The summed E-state index contributed by atoms with van der Waals surface area (Å²) in [6.07, 6.45) is 1.14. The number of aromatic nitrogens is 1. The second-order valence-electron chi connectivity index (χ2n) is 4.80. The van der Waals surface area contributed by atoms with E-state index in [2.05, 4.69) is 15.2 Å². The molecule has 0 aromatic carbocycles. The number of nitrogens with zero attached hydrogens (tertiary/aromatic N) is 3. The topological polar surface area (TPSA) is 97.3 Å². The molecule has 0 amide bonds. The molecule has 1 aromatic rings. The van der Waals surface area contributed by atoms with Crippen molar-refractivity contribution in [2.24, 2.45) is 5.92 Å². The molecule has 3 rings (SSSR count). The van der Waals surface area contributed by atoms with E-state index in [1.54, 1.807) is 6.07 Å². The number of nitro groups is 1. The van der Waals surface area contributed by atoms with Crippen LogP contribution in [0.2, 0.25) is 0 Å². The first-order valence-corrected chi connectivity index (χ1v) is 6.05. The van der Waals surface area contributed by atoms with E-state index in [9.17, 15) is 10.1 Å². The van der Waals surface area contributed by atoms with Crippen molar-refractivity contribution in [3.05, 3.63) is 22.2 Å². The molecule has 0 radical (unpaired) electrons. The Kier molecular flexibility index (Phi) is 2.55. The van der Waals surface area contributed by atoms with Gasteiger partial charge in [-0.2, -0.15) is 0 Å². The van der Waals surface area contributed by atoms with Crippen LogP contribution < -0.4 is 16.0 Å². The zero-order valence-electron chi connectivity index (χ0n) is 9.87. The molecule has 96 valence electrons. The van der Waals surface area contributed by atoms with Gasteiger partial charge in [0.15, 0.2) is 0 Å². The quantitative estimate of drug-likeness (QED) is 0.580. The summed E-state index contributed by atoms with van der Waals surface area (Å²) in [5.74, 6) is 1.39. The minimum Gasteiger partial charge on any atom is -0.378 e. The summed E-state index contributed by atoms with van der Waals surface area (Å²) in [4.78, 5) is 16.6. The van der Waals surface area contributed by atoms with Crippen molar-refractivity contribution >= 4 is 17.3 Å². The Labute approximate surface area is 104 Å². The number of nitrogens with two attached hydrogens (primary N) is 1. The lowest BCUT2D eigenvalue weighted by molar-refractivity contribution is -0.384. The molecule has 7 heteroatoms. The third-order valence-electron chi connectivity index (χ3n) is 3.82. The van der Waals surface area contributed by atoms with Crippen LogP contribution in [0.3, 0.4) is 0 Å². The average Bonchev–Trinajstić information content (AvgIpc) is 2.89. The molecular weight excluding hydrogens is 234 g/mol. The Bertz CT molecular complexity index is 492. The van der Waals surface area contributed by atoms with Gasteiger partial charge in [0.1, 0.15) is 5.82 Å². The molecule has 0 aliphatic carbocycles. The fraction of sp³-hybridized carbons (Fsp3) is 0.545. The number of pyridine rings is 1. The summed E-state index contributed by atoms with van der Waals surface area (Å²) < 4.78 is 0. The second kappa shape index (κ2) is 4.09. The molecule has 1 aromatic heterocycles. The molecule has 0 bridgehead atoms. The number of anilines is 2. The van der Waals surface area contributed by atoms with E-state index in [0.717, 1.165) is 31.9 Å². The predicted molar refractivity (Wildman–Crippen MR) is 67.4 cm³/mol. The molecule has 3 N–H and O–H groups in total. The molecule has 2 saturated heterocycles. The van der Waals surface area contributed by atoms with Crippen molar-refractivity contribution < 1.29 is 4.92 Å². The SMILES string of the molecule is Nc1nc(N2CC[C@H]3CNC[C@H]32)ccc1[N+](=O)[O-]. The normalized spacial score (nSPS) is 26.3. The van der Waals surface area contributed by atoms with Crippen molar-refractivity contribution in [1.29, 1.82) is 0 Å². The number of nitrogens with one attached hydrogen (secondary N) is 1. The maximum atomic E-state index is 10.7.